The van der Waals surface area contributed by atoms with Gasteiger partial charge >= 0.3 is 6.03 Å². The number of carbonyl (C=O) groups excluding carboxylic acids is 3. The van der Waals surface area contributed by atoms with E-state index in [-0.39, 0.29) is 13.0 Å². The molecule has 0 saturated carbocycles. The Hall–Kier alpha value is -2.87. The van der Waals surface area contributed by atoms with Crippen molar-refractivity contribution in [2.75, 3.05) is 11.9 Å². The van der Waals surface area contributed by atoms with Crippen molar-refractivity contribution in [3.05, 3.63) is 64.6 Å². The molecule has 25 heavy (non-hydrogen) atoms. The number of urea groups is 1. The molecule has 0 aliphatic carbocycles. The van der Waals surface area contributed by atoms with Crippen molar-refractivity contribution in [1.29, 1.82) is 0 Å². The van der Waals surface area contributed by atoms with Crippen LogP contribution in [-0.2, 0) is 4.79 Å². The Bertz CT molecular complexity index is 735. The zero-order valence-electron chi connectivity index (χ0n) is 13.2. The van der Waals surface area contributed by atoms with Gasteiger partial charge in [0, 0.05) is 28.7 Å². The fourth-order valence-corrected chi connectivity index (χ4v) is 2.11. The molecule has 130 valence electrons. The van der Waals surface area contributed by atoms with Crippen LogP contribution in [-0.4, -0.2) is 24.4 Å². The molecule has 0 aromatic heterocycles. The summed E-state index contributed by atoms with van der Waals surface area (Å²) in [5.41, 5.74) is 5.68. The largest absolute Gasteiger partial charge is 0.337 e. The minimum Gasteiger partial charge on any atom is -0.337 e. The van der Waals surface area contributed by atoms with E-state index in [1.165, 1.54) is 0 Å². The molecule has 2 rings (SSSR count). The molecule has 2 aromatic carbocycles. The van der Waals surface area contributed by atoms with Gasteiger partial charge in [0.15, 0.2) is 0 Å². The van der Waals surface area contributed by atoms with Crippen LogP contribution in [0.5, 0.6) is 0 Å². The predicted molar refractivity (Wildman–Crippen MR) is 97.8 cm³/mol. The summed E-state index contributed by atoms with van der Waals surface area (Å²) >= 11 is 3.31. The van der Waals surface area contributed by atoms with Gasteiger partial charge in [0.2, 0.25) is 5.91 Å². The number of anilines is 1. The molecule has 0 saturated heterocycles. The topological polar surface area (TPSA) is 99.3 Å². The number of nitrogens with one attached hydrogen (secondary N) is 4. The molecule has 2 aromatic rings. The molecule has 0 aliphatic heterocycles. The lowest BCUT2D eigenvalue weighted by molar-refractivity contribution is -0.121. The first kappa shape index (κ1) is 18.5. The fourth-order valence-electron chi connectivity index (χ4n) is 1.85. The van der Waals surface area contributed by atoms with Gasteiger partial charge in [-0.25, -0.2) is 4.79 Å². The average Bonchev–Trinajstić information content (AvgIpc) is 2.62. The first-order valence-corrected chi connectivity index (χ1v) is 8.28. The minimum atomic E-state index is -0.413. The summed E-state index contributed by atoms with van der Waals surface area (Å²) in [6.07, 6.45) is 0.0306. The van der Waals surface area contributed by atoms with Gasteiger partial charge in [0.05, 0.1) is 0 Å². The first-order valence-electron chi connectivity index (χ1n) is 7.49. The van der Waals surface area contributed by atoms with Gasteiger partial charge in [-0.2, -0.15) is 0 Å². The third kappa shape index (κ3) is 6.64. The molecule has 0 atom stereocenters. The van der Waals surface area contributed by atoms with Gasteiger partial charge in [-0.15, -0.1) is 0 Å². The number of amides is 4. The Kier molecular flexibility index (Phi) is 6.97. The van der Waals surface area contributed by atoms with E-state index in [4.69, 9.17) is 0 Å². The maximum absolute atomic E-state index is 11.7. The zero-order chi connectivity index (χ0) is 18.1. The maximum Gasteiger partial charge on any atom is 0.319 e. The Morgan fingerprint density at radius 1 is 0.880 bits per heavy atom. The normalized spacial score (nSPS) is 9.80. The van der Waals surface area contributed by atoms with E-state index < -0.39 is 17.8 Å². The van der Waals surface area contributed by atoms with Crippen molar-refractivity contribution in [1.82, 2.24) is 16.2 Å². The number of benzene rings is 2. The lowest BCUT2D eigenvalue weighted by Gasteiger charge is -2.09. The second kappa shape index (κ2) is 9.43. The van der Waals surface area contributed by atoms with Crippen LogP contribution in [0.2, 0.25) is 0 Å². The smallest absolute Gasteiger partial charge is 0.319 e. The molecule has 4 N–H and O–H groups in total. The Morgan fingerprint density at radius 3 is 2.24 bits per heavy atom. The molecule has 4 amide bonds. The molecule has 0 aliphatic rings. The molecule has 0 spiro atoms. The van der Waals surface area contributed by atoms with Crippen molar-refractivity contribution < 1.29 is 14.4 Å². The summed E-state index contributed by atoms with van der Waals surface area (Å²) in [5, 5.41) is 5.20. The number of hydrogen-bond acceptors (Lipinski definition) is 3. The van der Waals surface area contributed by atoms with Crippen LogP contribution in [0.3, 0.4) is 0 Å². The highest BCUT2D eigenvalue weighted by molar-refractivity contribution is 9.10. The van der Waals surface area contributed by atoms with Gasteiger partial charge in [0.1, 0.15) is 0 Å². The van der Waals surface area contributed by atoms with E-state index in [1.54, 1.807) is 54.6 Å². The van der Waals surface area contributed by atoms with E-state index >= 15 is 0 Å². The first-order chi connectivity index (χ1) is 12.0. The summed E-state index contributed by atoms with van der Waals surface area (Å²) < 4.78 is 0.910. The molecule has 8 heteroatoms. The van der Waals surface area contributed by atoms with Crippen LogP contribution in [0, 0.1) is 0 Å². The monoisotopic (exact) mass is 404 g/mol. The summed E-state index contributed by atoms with van der Waals surface area (Å²) in [6.45, 7) is 0.134. The lowest BCUT2D eigenvalue weighted by Crippen LogP contribution is -2.43. The van der Waals surface area contributed by atoms with E-state index in [0.29, 0.717) is 11.3 Å². The van der Waals surface area contributed by atoms with Crippen molar-refractivity contribution in [3.8, 4) is 0 Å². The minimum absolute atomic E-state index is 0.0306. The Labute approximate surface area is 153 Å². The van der Waals surface area contributed by atoms with Crippen LogP contribution in [0.1, 0.15) is 16.8 Å². The van der Waals surface area contributed by atoms with Crippen LogP contribution in [0.15, 0.2) is 59.1 Å². The van der Waals surface area contributed by atoms with Crippen LogP contribution < -0.4 is 21.5 Å². The molecule has 0 bridgehead atoms. The van der Waals surface area contributed by atoms with Gasteiger partial charge in [-0.1, -0.05) is 34.1 Å². The van der Waals surface area contributed by atoms with E-state index in [9.17, 15) is 14.4 Å². The predicted octanol–water partition coefficient (Wildman–Crippen LogP) is 2.42. The quantitative estimate of drug-likeness (QED) is 0.575. The Morgan fingerprint density at radius 2 is 1.56 bits per heavy atom. The van der Waals surface area contributed by atoms with Crippen LogP contribution in [0.25, 0.3) is 0 Å². The third-order valence-electron chi connectivity index (χ3n) is 3.09. The molecular formula is C17H17BrN4O3. The highest BCUT2D eigenvalue weighted by Crippen LogP contribution is 2.13. The van der Waals surface area contributed by atoms with Crippen molar-refractivity contribution >= 4 is 39.5 Å². The molecule has 0 heterocycles. The summed E-state index contributed by atoms with van der Waals surface area (Å²) in [6, 6.07) is 15.2. The lowest BCUT2D eigenvalue weighted by atomic mass is 10.2. The van der Waals surface area contributed by atoms with Gasteiger partial charge in [0.25, 0.3) is 5.91 Å². The third-order valence-corrected chi connectivity index (χ3v) is 3.62. The zero-order valence-corrected chi connectivity index (χ0v) is 14.8. The van der Waals surface area contributed by atoms with E-state index in [2.05, 4.69) is 37.4 Å². The number of hydrazine groups is 1. The molecule has 0 fully saturated rings. The van der Waals surface area contributed by atoms with Gasteiger partial charge in [-0.3, -0.25) is 20.4 Å². The van der Waals surface area contributed by atoms with E-state index in [1.807, 2.05) is 0 Å². The molecule has 0 unspecified atom stereocenters. The van der Waals surface area contributed by atoms with Gasteiger partial charge < -0.3 is 10.6 Å². The summed E-state index contributed by atoms with van der Waals surface area (Å²) in [4.78, 5) is 35.1. The maximum atomic E-state index is 11.7. The van der Waals surface area contributed by atoms with Crippen LogP contribution >= 0.6 is 15.9 Å². The van der Waals surface area contributed by atoms with E-state index in [0.717, 1.165) is 4.47 Å². The molecule has 0 radical (unpaired) electrons. The number of hydrogen-bond donors (Lipinski definition) is 4. The fraction of sp³-hybridized carbons (Fsp3) is 0.118. The highest BCUT2D eigenvalue weighted by atomic mass is 79.9. The molecular weight excluding hydrogens is 388 g/mol. The number of rotatable bonds is 5. The summed E-state index contributed by atoms with van der Waals surface area (Å²) in [7, 11) is 0. The Balaban J connectivity index is 1.64. The summed E-state index contributed by atoms with van der Waals surface area (Å²) in [5.74, 6) is -0.817. The second-order valence-corrected chi connectivity index (χ2v) is 5.92. The van der Waals surface area contributed by atoms with Crippen LogP contribution in [0.4, 0.5) is 10.5 Å². The number of halogens is 1. The van der Waals surface area contributed by atoms with Gasteiger partial charge in [-0.05, 0) is 36.4 Å². The van der Waals surface area contributed by atoms with Crippen molar-refractivity contribution in [2.24, 2.45) is 0 Å². The average molecular weight is 405 g/mol. The van der Waals surface area contributed by atoms with Crippen molar-refractivity contribution in [3.63, 3.8) is 0 Å². The second-order valence-electron chi connectivity index (χ2n) is 5.01. The molecule has 7 nitrogen and oxygen atoms in total. The standard InChI is InChI=1S/C17H17BrN4O3/c18-13-6-8-14(9-7-13)20-17(25)19-11-10-15(23)21-22-16(24)12-4-2-1-3-5-12/h1-9H,10-11H2,(H,21,23)(H,22,24)(H2,19,20,25). The highest BCUT2D eigenvalue weighted by Gasteiger charge is 2.07. The SMILES string of the molecule is O=C(CCNC(=O)Nc1ccc(Br)cc1)NNC(=O)c1ccccc1. The number of carbonyl (C=O) groups is 3. The van der Waals surface area contributed by atoms with Crippen molar-refractivity contribution in [2.45, 2.75) is 6.42 Å².